The van der Waals surface area contributed by atoms with Crippen molar-refractivity contribution in [3.05, 3.63) is 48.2 Å². The van der Waals surface area contributed by atoms with Crippen LogP contribution in [0.1, 0.15) is 10.4 Å². The molecule has 86 valence electrons. The molecule has 0 aliphatic rings. The Kier molecular flexibility index (Phi) is 3.35. The molecule has 1 aromatic heterocycles. The van der Waals surface area contributed by atoms with Gasteiger partial charge in [-0.2, -0.15) is 0 Å². The first-order chi connectivity index (χ1) is 8.31. The molecule has 0 saturated heterocycles. The molecule has 0 saturated carbocycles. The first kappa shape index (κ1) is 11.1. The smallest absolute Gasteiger partial charge is 0.219 e. The highest BCUT2D eigenvalue weighted by Crippen LogP contribution is 2.23. The molecule has 0 aliphatic heterocycles. The number of benzene rings is 1. The fourth-order valence-corrected chi connectivity index (χ4v) is 1.31. The molecule has 17 heavy (non-hydrogen) atoms. The molecule has 0 fully saturated rings. The summed E-state index contributed by atoms with van der Waals surface area (Å²) in [6, 6.07) is 10.5. The maximum absolute atomic E-state index is 10.5. The van der Waals surface area contributed by atoms with E-state index >= 15 is 0 Å². The second-order valence-corrected chi connectivity index (χ2v) is 3.33. The molecule has 0 bridgehead atoms. The van der Waals surface area contributed by atoms with Crippen LogP contribution in [0.3, 0.4) is 0 Å². The van der Waals surface area contributed by atoms with Crippen molar-refractivity contribution in [2.45, 2.75) is 0 Å². The number of carbonyl (C=O) groups is 1. The van der Waals surface area contributed by atoms with Gasteiger partial charge in [-0.05, 0) is 18.2 Å². The molecular weight excluding hydrogens is 218 g/mol. The van der Waals surface area contributed by atoms with Crippen molar-refractivity contribution in [3.63, 3.8) is 0 Å². The summed E-state index contributed by atoms with van der Waals surface area (Å²) in [6.45, 7) is 0. The van der Waals surface area contributed by atoms with Gasteiger partial charge < -0.3 is 9.47 Å². The minimum Gasteiger partial charge on any atom is -0.497 e. The first-order valence-electron chi connectivity index (χ1n) is 5.05. The van der Waals surface area contributed by atoms with Crippen molar-refractivity contribution in [1.82, 2.24) is 4.98 Å². The van der Waals surface area contributed by atoms with E-state index in [2.05, 4.69) is 4.98 Å². The van der Waals surface area contributed by atoms with E-state index in [0.717, 1.165) is 6.29 Å². The lowest BCUT2D eigenvalue weighted by atomic mass is 10.3. The van der Waals surface area contributed by atoms with Gasteiger partial charge in [0.1, 0.15) is 11.5 Å². The zero-order valence-electron chi connectivity index (χ0n) is 9.29. The second kappa shape index (κ2) is 5.12. The van der Waals surface area contributed by atoms with Crippen molar-refractivity contribution in [2.24, 2.45) is 0 Å². The highest BCUT2D eigenvalue weighted by atomic mass is 16.5. The van der Waals surface area contributed by atoms with Crippen LogP contribution in [0.5, 0.6) is 17.4 Å². The quantitative estimate of drug-likeness (QED) is 0.756. The number of hydrogen-bond acceptors (Lipinski definition) is 4. The van der Waals surface area contributed by atoms with Crippen molar-refractivity contribution >= 4 is 6.29 Å². The van der Waals surface area contributed by atoms with Gasteiger partial charge in [-0.3, -0.25) is 4.79 Å². The largest absolute Gasteiger partial charge is 0.497 e. The lowest BCUT2D eigenvalue weighted by Gasteiger charge is -2.06. The van der Waals surface area contributed by atoms with E-state index in [0.29, 0.717) is 22.9 Å². The minimum absolute atomic E-state index is 0.434. The summed E-state index contributed by atoms with van der Waals surface area (Å²) < 4.78 is 10.6. The fourth-order valence-electron chi connectivity index (χ4n) is 1.31. The minimum atomic E-state index is 0.434. The number of pyridine rings is 1. The van der Waals surface area contributed by atoms with Gasteiger partial charge in [0.15, 0.2) is 6.29 Å². The summed E-state index contributed by atoms with van der Waals surface area (Å²) in [6.07, 6.45) is 2.20. The lowest BCUT2D eigenvalue weighted by Crippen LogP contribution is -1.90. The number of nitrogens with zero attached hydrogens (tertiary/aromatic N) is 1. The molecule has 0 N–H and O–H groups in total. The third-order valence-electron chi connectivity index (χ3n) is 2.16. The summed E-state index contributed by atoms with van der Waals surface area (Å²) in [5.41, 5.74) is 0.517. The molecule has 4 nitrogen and oxygen atoms in total. The summed E-state index contributed by atoms with van der Waals surface area (Å²) in [4.78, 5) is 14.5. The average Bonchev–Trinajstić information content (AvgIpc) is 2.40. The Hall–Kier alpha value is -2.36. The SMILES string of the molecule is COc1cccc(Oc2ccc(C=O)cn2)c1. The summed E-state index contributed by atoms with van der Waals surface area (Å²) >= 11 is 0. The average molecular weight is 229 g/mol. The maximum Gasteiger partial charge on any atom is 0.219 e. The van der Waals surface area contributed by atoms with Gasteiger partial charge in [0.25, 0.3) is 0 Å². The van der Waals surface area contributed by atoms with Crippen molar-refractivity contribution in [3.8, 4) is 17.4 Å². The van der Waals surface area contributed by atoms with E-state index in [4.69, 9.17) is 9.47 Å². The van der Waals surface area contributed by atoms with Crippen molar-refractivity contribution in [1.29, 1.82) is 0 Å². The number of carbonyl (C=O) groups excluding carboxylic acids is 1. The van der Waals surface area contributed by atoms with Crippen LogP contribution >= 0.6 is 0 Å². The predicted molar refractivity (Wildman–Crippen MR) is 62.7 cm³/mol. The number of ether oxygens (including phenoxy) is 2. The molecule has 1 heterocycles. The van der Waals surface area contributed by atoms with Crippen LogP contribution in [-0.4, -0.2) is 18.4 Å². The van der Waals surface area contributed by atoms with Crippen LogP contribution in [0.25, 0.3) is 0 Å². The van der Waals surface area contributed by atoms with Gasteiger partial charge in [-0.25, -0.2) is 4.98 Å². The van der Waals surface area contributed by atoms with Gasteiger partial charge in [-0.15, -0.1) is 0 Å². The van der Waals surface area contributed by atoms with Crippen LogP contribution in [0.15, 0.2) is 42.6 Å². The Balaban J connectivity index is 2.15. The molecule has 2 aromatic rings. The van der Waals surface area contributed by atoms with Gasteiger partial charge in [0.05, 0.1) is 7.11 Å². The highest BCUT2D eigenvalue weighted by molar-refractivity contribution is 5.74. The number of aldehydes is 1. The Bertz CT molecular complexity index is 508. The van der Waals surface area contributed by atoms with Crippen molar-refractivity contribution < 1.29 is 14.3 Å². The normalized spacial score (nSPS) is 9.71. The Labute approximate surface area is 98.8 Å². The van der Waals surface area contributed by atoms with Crippen LogP contribution in [0.2, 0.25) is 0 Å². The van der Waals surface area contributed by atoms with Gasteiger partial charge in [0.2, 0.25) is 5.88 Å². The van der Waals surface area contributed by atoms with E-state index in [1.165, 1.54) is 6.20 Å². The van der Waals surface area contributed by atoms with E-state index in [1.807, 2.05) is 12.1 Å². The second-order valence-electron chi connectivity index (χ2n) is 3.33. The first-order valence-corrected chi connectivity index (χ1v) is 5.05. The monoisotopic (exact) mass is 229 g/mol. The van der Waals surface area contributed by atoms with E-state index < -0.39 is 0 Å². The van der Waals surface area contributed by atoms with Crippen LogP contribution in [-0.2, 0) is 0 Å². The Morgan fingerprint density at radius 2 is 2.00 bits per heavy atom. The summed E-state index contributed by atoms with van der Waals surface area (Å²) in [5, 5.41) is 0. The summed E-state index contributed by atoms with van der Waals surface area (Å²) in [7, 11) is 1.59. The van der Waals surface area contributed by atoms with Crippen LogP contribution in [0, 0.1) is 0 Å². The number of rotatable bonds is 4. The molecule has 0 amide bonds. The molecule has 4 heteroatoms. The van der Waals surface area contributed by atoms with Gasteiger partial charge >= 0.3 is 0 Å². The zero-order chi connectivity index (χ0) is 12.1. The number of hydrogen-bond donors (Lipinski definition) is 0. The number of methoxy groups -OCH3 is 1. The third kappa shape index (κ3) is 2.81. The van der Waals surface area contributed by atoms with Crippen molar-refractivity contribution in [2.75, 3.05) is 7.11 Å². The molecule has 1 aromatic carbocycles. The Morgan fingerprint density at radius 1 is 1.18 bits per heavy atom. The molecule has 0 aliphatic carbocycles. The third-order valence-corrected chi connectivity index (χ3v) is 2.16. The topological polar surface area (TPSA) is 48.4 Å². The number of aromatic nitrogens is 1. The molecule has 0 atom stereocenters. The van der Waals surface area contributed by atoms with E-state index in [9.17, 15) is 4.79 Å². The molecule has 0 spiro atoms. The van der Waals surface area contributed by atoms with E-state index in [-0.39, 0.29) is 0 Å². The maximum atomic E-state index is 10.5. The van der Waals surface area contributed by atoms with Gasteiger partial charge in [-0.1, -0.05) is 6.07 Å². The lowest BCUT2D eigenvalue weighted by molar-refractivity contribution is 0.112. The van der Waals surface area contributed by atoms with Crippen LogP contribution in [0.4, 0.5) is 0 Å². The zero-order valence-corrected chi connectivity index (χ0v) is 9.29. The molecule has 0 radical (unpaired) electrons. The highest BCUT2D eigenvalue weighted by Gasteiger charge is 2.00. The fraction of sp³-hybridized carbons (Fsp3) is 0.0769. The predicted octanol–water partition coefficient (Wildman–Crippen LogP) is 2.70. The summed E-state index contributed by atoms with van der Waals surface area (Å²) in [5.74, 6) is 1.78. The molecule has 0 unspecified atom stereocenters. The Morgan fingerprint density at radius 3 is 2.65 bits per heavy atom. The molecular formula is C13H11NO3. The molecule has 2 rings (SSSR count). The van der Waals surface area contributed by atoms with Crippen LogP contribution < -0.4 is 9.47 Å². The van der Waals surface area contributed by atoms with E-state index in [1.54, 1.807) is 31.4 Å². The standard InChI is InChI=1S/C13H11NO3/c1-16-11-3-2-4-12(7-11)17-13-6-5-10(9-15)8-14-13/h2-9H,1H3. The van der Waals surface area contributed by atoms with Gasteiger partial charge in [0, 0.05) is 23.9 Å².